The highest BCUT2D eigenvalue weighted by Gasteiger charge is 1.98. The van der Waals surface area contributed by atoms with E-state index in [4.69, 9.17) is 5.73 Å². The van der Waals surface area contributed by atoms with Gasteiger partial charge in [-0.1, -0.05) is 12.1 Å². The Labute approximate surface area is 95.3 Å². The van der Waals surface area contributed by atoms with E-state index in [-0.39, 0.29) is 0 Å². The number of hydrogen-bond donors (Lipinski definition) is 2. The topological polar surface area (TPSA) is 50.9 Å². The Balaban J connectivity index is 2.05. The van der Waals surface area contributed by atoms with Crippen LogP contribution in [0.25, 0.3) is 0 Å². The molecule has 1 aromatic carbocycles. The summed E-state index contributed by atoms with van der Waals surface area (Å²) in [7, 11) is 0. The number of aromatic nitrogens is 1. The summed E-state index contributed by atoms with van der Waals surface area (Å²) in [5.41, 5.74) is 9.74. The minimum Gasteiger partial charge on any atom is -0.399 e. The largest absolute Gasteiger partial charge is 0.399 e. The fourth-order valence-corrected chi connectivity index (χ4v) is 1.54. The number of rotatable bonds is 3. The summed E-state index contributed by atoms with van der Waals surface area (Å²) in [5, 5.41) is 3.30. The van der Waals surface area contributed by atoms with Gasteiger partial charge >= 0.3 is 0 Å². The first kappa shape index (κ1) is 10.5. The molecule has 0 unspecified atom stereocenters. The molecule has 0 aliphatic heterocycles. The van der Waals surface area contributed by atoms with Crippen LogP contribution in [0.3, 0.4) is 0 Å². The Morgan fingerprint density at radius 1 is 1.25 bits per heavy atom. The second-order valence-electron chi connectivity index (χ2n) is 3.75. The van der Waals surface area contributed by atoms with Gasteiger partial charge in [0.05, 0.1) is 12.2 Å². The molecule has 2 rings (SSSR count). The Morgan fingerprint density at radius 3 is 2.88 bits per heavy atom. The van der Waals surface area contributed by atoms with E-state index in [1.807, 2.05) is 36.5 Å². The molecule has 0 aliphatic carbocycles. The molecule has 0 saturated heterocycles. The predicted octanol–water partition coefficient (Wildman–Crippen LogP) is 2.58. The SMILES string of the molecule is Cc1cccnc1CNc1cccc(N)c1. The maximum absolute atomic E-state index is 5.70. The number of nitrogens with one attached hydrogen (secondary N) is 1. The molecular weight excluding hydrogens is 198 g/mol. The molecule has 0 fully saturated rings. The van der Waals surface area contributed by atoms with E-state index in [0.29, 0.717) is 0 Å². The van der Waals surface area contributed by atoms with E-state index in [1.54, 1.807) is 0 Å². The van der Waals surface area contributed by atoms with Crippen molar-refractivity contribution in [2.24, 2.45) is 0 Å². The number of pyridine rings is 1. The Kier molecular flexibility index (Phi) is 3.05. The Hall–Kier alpha value is -2.03. The predicted molar refractivity (Wildman–Crippen MR) is 67.2 cm³/mol. The zero-order chi connectivity index (χ0) is 11.4. The lowest BCUT2D eigenvalue weighted by Crippen LogP contribution is -2.03. The van der Waals surface area contributed by atoms with Gasteiger partial charge in [0, 0.05) is 17.6 Å². The van der Waals surface area contributed by atoms with Crippen LogP contribution in [0, 0.1) is 6.92 Å². The van der Waals surface area contributed by atoms with Crippen LogP contribution < -0.4 is 11.1 Å². The first-order chi connectivity index (χ1) is 7.75. The highest BCUT2D eigenvalue weighted by molar-refractivity contribution is 5.54. The second-order valence-corrected chi connectivity index (χ2v) is 3.75. The monoisotopic (exact) mass is 213 g/mol. The molecule has 2 aromatic rings. The summed E-state index contributed by atoms with van der Waals surface area (Å²) in [4.78, 5) is 4.32. The van der Waals surface area contributed by atoms with Crippen molar-refractivity contribution < 1.29 is 0 Å². The standard InChI is InChI=1S/C13H15N3/c1-10-4-3-7-15-13(10)9-16-12-6-2-5-11(14)8-12/h2-8,16H,9,14H2,1H3. The molecule has 0 radical (unpaired) electrons. The lowest BCUT2D eigenvalue weighted by atomic mass is 10.2. The van der Waals surface area contributed by atoms with Gasteiger partial charge in [-0.25, -0.2) is 0 Å². The Morgan fingerprint density at radius 2 is 2.12 bits per heavy atom. The summed E-state index contributed by atoms with van der Waals surface area (Å²) in [5.74, 6) is 0. The van der Waals surface area contributed by atoms with Crippen molar-refractivity contribution in [3.8, 4) is 0 Å². The molecule has 0 bridgehead atoms. The normalized spacial score (nSPS) is 10.1. The first-order valence-corrected chi connectivity index (χ1v) is 5.25. The number of anilines is 2. The molecule has 0 amide bonds. The van der Waals surface area contributed by atoms with Crippen LogP contribution in [-0.4, -0.2) is 4.98 Å². The van der Waals surface area contributed by atoms with Crippen molar-refractivity contribution in [3.63, 3.8) is 0 Å². The van der Waals surface area contributed by atoms with Crippen LogP contribution in [0.15, 0.2) is 42.6 Å². The molecule has 3 N–H and O–H groups in total. The zero-order valence-corrected chi connectivity index (χ0v) is 9.27. The van der Waals surface area contributed by atoms with Crippen molar-refractivity contribution in [3.05, 3.63) is 53.9 Å². The van der Waals surface area contributed by atoms with Gasteiger partial charge < -0.3 is 11.1 Å². The van der Waals surface area contributed by atoms with Crippen LogP contribution in [0.5, 0.6) is 0 Å². The third-order valence-electron chi connectivity index (χ3n) is 2.46. The molecule has 0 atom stereocenters. The molecule has 82 valence electrons. The minimum atomic E-state index is 0.718. The van der Waals surface area contributed by atoms with Crippen molar-refractivity contribution in [1.82, 2.24) is 4.98 Å². The van der Waals surface area contributed by atoms with Crippen LogP contribution in [0.4, 0.5) is 11.4 Å². The number of nitrogens with two attached hydrogens (primary N) is 1. The van der Waals surface area contributed by atoms with Gasteiger partial charge in [-0.3, -0.25) is 4.98 Å². The maximum atomic E-state index is 5.70. The smallest absolute Gasteiger partial charge is 0.0623 e. The number of aryl methyl sites for hydroxylation is 1. The van der Waals surface area contributed by atoms with Gasteiger partial charge in [-0.15, -0.1) is 0 Å². The van der Waals surface area contributed by atoms with Crippen molar-refractivity contribution >= 4 is 11.4 Å². The molecule has 3 heteroatoms. The second kappa shape index (κ2) is 4.66. The fraction of sp³-hybridized carbons (Fsp3) is 0.154. The third kappa shape index (κ3) is 2.51. The average Bonchev–Trinajstić information content (AvgIpc) is 2.28. The molecule has 0 aliphatic rings. The van der Waals surface area contributed by atoms with Crippen molar-refractivity contribution in [1.29, 1.82) is 0 Å². The van der Waals surface area contributed by atoms with E-state index in [0.717, 1.165) is 23.6 Å². The van der Waals surface area contributed by atoms with Gasteiger partial charge in [0.25, 0.3) is 0 Å². The zero-order valence-electron chi connectivity index (χ0n) is 9.27. The summed E-state index contributed by atoms with van der Waals surface area (Å²) < 4.78 is 0. The van der Waals surface area contributed by atoms with Gasteiger partial charge in [0.2, 0.25) is 0 Å². The number of nitrogen functional groups attached to an aromatic ring is 1. The van der Waals surface area contributed by atoms with Crippen molar-refractivity contribution in [2.75, 3.05) is 11.1 Å². The van der Waals surface area contributed by atoms with Crippen LogP contribution in [0.2, 0.25) is 0 Å². The van der Waals surface area contributed by atoms with Crippen LogP contribution in [0.1, 0.15) is 11.3 Å². The maximum Gasteiger partial charge on any atom is 0.0623 e. The average molecular weight is 213 g/mol. The minimum absolute atomic E-state index is 0.718. The van der Waals surface area contributed by atoms with Gasteiger partial charge in [-0.05, 0) is 36.8 Å². The van der Waals surface area contributed by atoms with Gasteiger partial charge in [-0.2, -0.15) is 0 Å². The summed E-state index contributed by atoms with van der Waals surface area (Å²) in [6.45, 7) is 2.78. The number of nitrogens with zero attached hydrogens (tertiary/aromatic N) is 1. The summed E-state index contributed by atoms with van der Waals surface area (Å²) in [6, 6.07) is 11.7. The summed E-state index contributed by atoms with van der Waals surface area (Å²) in [6.07, 6.45) is 1.81. The highest BCUT2D eigenvalue weighted by Crippen LogP contribution is 2.13. The third-order valence-corrected chi connectivity index (χ3v) is 2.46. The Bertz CT molecular complexity index is 480. The van der Waals surface area contributed by atoms with E-state index in [1.165, 1.54) is 5.56 Å². The first-order valence-electron chi connectivity index (χ1n) is 5.25. The quantitative estimate of drug-likeness (QED) is 0.770. The molecular formula is C13H15N3. The van der Waals surface area contributed by atoms with E-state index in [2.05, 4.69) is 23.3 Å². The highest BCUT2D eigenvalue weighted by atomic mass is 14.9. The molecule has 0 spiro atoms. The van der Waals surface area contributed by atoms with Crippen molar-refractivity contribution in [2.45, 2.75) is 13.5 Å². The van der Waals surface area contributed by atoms with Gasteiger partial charge in [0.1, 0.15) is 0 Å². The lowest BCUT2D eigenvalue weighted by Gasteiger charge is -2.08. The lowest BCUT2D eigenvalue weighted by molar-refractivity contribution is 1.02. The van der Waals surface area contributed by atoms with E-state index < -0.39 is 0 Å². The van der Waals surface area contributed by atoms with E-state index >= 15 is 0 Å². The molecule has 0 saturated carbocycles. The number of benzene rings is 1. The molecule has 1 heterocycles. The molecule has 16 heavy (non-hydrogen) atoms. The summed E-state index contributed by atoms with van der Waals surface area (Å²) >= 11 is 0. The number of hydrogen-bond acceptors (Lipinski definition) is 3. The van der Waals surface area contributed by atoms with Crippen LogP contribution >= 0.6 is 0 Å². The molecule has 3 nitrogen and oxygen atoms in total. The van der Waals surface area contributed by atoms with Crippen LogP contribution in [-0.2, 0) is 6.54 Å². The van der Waals surface area contributed by atoms with Gasteiger partial charge in [0.15, 0.2) is 0 Å². The molecule has 1 aromatic heterocycles. The fourth-order valence-electron chi connectivity index (χ4n) is 1.54. The van der Waals surface area contributed by atoms with E-state index in [9.17, 15) is 0 Å².